The molecule has 2 fully saturated rings. The van der Waals surface area contributed by atoms with E-state index in [1.54, 1.807) is 0 Å². The van der Waals surface area contributed by atoms with Crippen molar-refractivity contribution in [1.82, 2.24) is 0 Å². The molecule has 2 saturated heterocycles. The van der Waals surface area contributed by atoms with Gasteiger partial charge in [0.2, 0.25) is 0 Å². The summed E-state index contributed by atoms with van der Waals surface area (Å²) in [4.78, 5) is 0. The number of benzene rings is 1. The van der Waals surface area contributed by atoms with Gasteiger partial charge >= 0.3 is 6.36 Å². The largest absolute Gasteiger partial charge is 0.573 e. The Morgan fingerprint density at radius 2 is 1.43 bits per heavy atom. The molecule has 30 heavy (non-hydrogen) atoms. The number of ether oxygens (including phenoxy) is 5. The lowest BCUT2D eigenvalue weighted by Crippen LogP contribution is -2.33. The highest BCUT2D eigenvalue weighted by molar-refractivity contribution is 5.28. The van der Waals surface area contributed by atoms with E-state index in [0.29, 0.717) is 24.7 Å². The molecule has 0 unspecified atom stereocenters. The average Bonchev–Trinajstić information content (AvgIpc) is 2.73. The predicted octanol–water partition coefficient (Wildman–Crippen LogP) is 5.60. The topological polar surface area (TPSA) is 46.2 Å². The molecular formula is C22H31F3O5. The van der Waals surface area contributed by atoms with E-state index in [1.165, 1.54) is 43.5 Å². The van der Waals surface area contributed by atoms with Crippen LogP contribution in [0.25, 0.3) is 0 Å². The molecular weight excluding hydrogens is 401 g/mol. The van der Waals surface area contributed by atoms with Crippen molar-refractivity contribution >= 4 is 0 Å². The van der Waals surface area contributed by atoms with Gasteiger partial charge in [-0.1, -0.05) is 38.3 Å². The van der Waals surface area contributed by atoms with Gasteiger partial charge in [-0.3, -0.25) is 0 Å². The summed E-state index contributed by atoms with van der Waals surface area (Å²) in [5.41, 5.74) is 0.663. The fourth-order valence-electron chi connectivity index (χ4n) is 3.70. The van der Waals surface area contributed by atoms with Crippen molar-refractivity contribution in [2.75, 3.05) is 26.4 Å². The van der Waals surface area contributed by atoms with Gasteiger partial charge in [0, 0.05) is 17.4 Å². The standard InChI is InChI=1S/C22H31F3O5/c1-2-3-4-5-16-12-26-20(27-13-16)11-6-17-14-28-21(29-15-17)18-7-9-19(10-8-18)30-22(23,24)25/h7-10,16-17,20-21H,2-6,11-15H2,1H3. The van der Waals surface area contributed by atoms with Crippen molar-refractivity contribution in [2.45, 2.75) is 64.4 Å². The Morgan fingerprint density at radius 3 is 2.03 bits per heavy atom. The third-order valence-electron chi connectivity index (χ3n) is 5.41. The van der Waals surface area contributed by atoms with Gasteiger partial charge in [-0.15, -0.1) is 13.2 Å². The summed E-state index contributed by atoms with van der Waals surface area (Å²) in [5.74, 6) is 0.478. The summed E-state index contributed by atoms with van der Waals surface area (Å²) in [6.07, 6.45) is 1.11. The third-order valence-corrected chi connectivity index (χ3v) is 5.41. The molecule has 3 rings (SSSR count). The highest BCUT2D eigenvalue weighted by atomic mass is 19.4. The summed E-state index contributed by atoms with van der Waals surface area (Å²) >= 11 is 0. The molecule has 0 aliphatic carbocycles. The van der Waals surface area contributed by atoms with Crippen LogP contribution in [0, 0.1) is 11.8 Å². The summed E-state index contributed by atoms with van der Waals surface area (Å²) in [6.45, 7) is 4.79. The summed E-state index contributed by atoms with van der Waals surface area (Å²) < 4.78 is 63.8. The number of halogens is 3. The second kappa shape index (κ2) is 11.3. The van der Waals surface area contributed by atoms with Crippen molar-refractivity contribution in [3.05, 3.63) is 29.8 Å². The Balaban J connectivity index is 1.32. The quantitative estimate of drug-likeness (QED) is 0.476. The molecule has 2 aliphatic rings. The molecule has 0 spiro atoms. The SMILES string of the molecule is CCCCCC1COC(CCC2COC(c3ccc(OC(F)(F)F)cc3)OC2)OC1. The van der Waals surface area contributed by atoms with E-state index >= 15 is 0 Å². The van der Waals surface area contributed by atoms with Gasteiger partial charge in [-0.25, -0.2) is 0 Å². The Bertz CT molecular complexity index is 606. The van der Waals surface area contributed by atoms with Gasteiger partial charge < -0.3 is 23.7 Å². The van der Waals surface area contributed by atoms with Crippen LogP contribution in [0.5, 0.6) is 5.75 Å². The van der Waals surface area contributed by atoms with E-state index in [4.69, 9.17) is 18.9 Å². The van der Waals surface area contributed by atoms with Gasteiger partial charge in [-0.2, -0.15) is 0 Å². The zero-order chi connectivity index (χ0) is 21.4. The molecule has 1 aromatic carbocycles. The molecule has 0 amide bonds. The number of alkyl halides is 3. The third kappa shape index (κ3) is 7.72. The molecule has 0 bridgehead atoms. The van der Waals surface area contributed by atoms with Crippen LogP contribution in [-0.4, -0.2) is 39.1 Å². The van der Waals surface area contributed by atoms with Crippen molar-refractivity contribution < 1.29 is 36.9 Å². The molecule has 0 atom stereocenters. The van der Waals surface area contributed by atoms with E-state index in [0.717, 1.165) is 32.5 Å². The fourth-order valence-corrected chi connectivity index (χ4v) is 3.70. The monoisotopic (exact) mass is 432 g/mol. The highest BCUT2D eigenvalue weighted by Gasteiger charge is 2.31. The van der Waals surface area contributed by atoms with Crippen LogP contribution in [0.2, 0.25) is 0 Å². The van der Waals surface area contributed by atoms with Crippen LogP contribution in [0.1, 0.15) is 57.3 Å². The van der Waals surface area contributed by atoms with Gasteiger partial charge in [-0.05, 0) is 31.4 Å². The van der Waals surface area contributed by atoms with Crippen LogP contribution in [-0.2, 0) is 18.9 Å². The Kier molecular flexibility index (Phi) is 8.80. The minimum atomic E-state index is -4.70. The molecule has 0 N–H and O–H groups in total. The Morgan fingerprint density at radius 1 is 0.833 bits per heavy atom. The van der Waals surface area contributed by atoms with E-state index < -0.39 is 12.7 Å². The lowest BCUT2D eigenvalue weighted by molar-refractivity contribution is -0.274. The maximum atomic E-state index is 12.2. The number of hydrogen-bond acceptors (Lipinski definition) is 5. The normalized spacial score (nSPS) is 27.7. The molecule has 0 aromatic heterocycles. The van der Waals surface area contributed by atoms with Crippen LogP contribution in [0.15, 0.2) is 24.3 Å². The fraction of sp³-hybridized carbons (Fsp3) is 0.727. The number of rotatable bonds is 9. The number of unbranched alkanes of at least 4 members (excludes halogenated alkanes) is 2. The van der Waals surface area contributed by atoms with E-state index in [2.05, 4.69) is 11.7 Å². The smallest absolute Gasteiger partial charge is 0.406 e. The average molecular weight is 432 g/mol. The molecule has 2 heterocycles. The Labute approximate surface area is 175 Å². The second-order valence-corrected chi connectivity index (χ2v) is 8.02. The van der Waals surface area contributed by atoms with Crippen LogP contribution in [0.3, 0.4) is 0 Å². The first-order chi connectivity index (χ1) is 14.4. The second-order valence-electron chi connectivity index (χ2n) is 8.02. The molecule has 2 aliphatic heterocycles. The van der Waals surface area contributed by atoms with Gasteiger partial charge in [0.15, 0.2) is 12.6 Å². The minimum absolute atomic E-state index is 0.161. The van der Waals surface area contributed by atoms with Crippen molar-refractivity contribution in [1.29, 1.82) is 0 Å². The molecule has 0 radical (unpaired) electrons. The van der Waals surface area contributed by atoms with E-state index in [9.17, 15) is 13.2 Å². The van der Waals surface area contributed by atoms with Crippen molar-refractivity contribution in [3.63, 3.8) is 0 Å². The summed E-state index contributed by atoms with van der Waals surface area (Å²) in [5, 5.41) is 0. The van der Waals surface area contributed by atoms with E-state index in [1.807, 2.05) is 0 Å². The lowest BCUT2D eigenvalue weighted by atomic mass is 10.0. The molecule has 8 heteroatoms. The van der Waals surface area contributed by atoms with Crippen molar-refractivity contribution in [3.8, 4) is 5.75 Å². The first-order valence-electron chi connectivity index (χ1n) is 10.7. The maximum absolute atomic E-state index is 12.2. The number of hydrogen-bond donors (Lipinski definition) is 0. The van der Waals surface area contributed by atoms with Gasteiger partial charge in [0.05, 0.1) is 26.4 Å². The van der Waals surface area contributed by atoms with Gasteiger partial charge in [0.1, 0.15) is 5.75 Å². The van der Waals surface area contributed by atoms with Crippen LogP contribution in [0.4, 0.5) is 13.2 Å². The zero-order valence-electron chi connectivity index (χ0n) is 17.4. The van der Waals surface area contributed by atoms with Gasteiger partial charge in [0.25, 0.3) is 0 Å². The summed E-state index contributed by atoms with van der Waals surface area (Å²) in [6, 6.07) is 5.56. The Hall–Kier alpha value is -1.35. The maximum Gasteiger partial charge on any atom is 0.573 e. The minimum Gasteiger partial charge on any atom is -0.406 e. The first-order valence-corrected chi connectivity index (χ1v) is 10.7. The summed E-state index contributed by atoms with van der Waals surface area (Å²) in [7, 11) is 0. The molecule has 1 aromatic rings. The first kappa shape index (κ1) is 23.3. The zero-order valence-corrected chi connectivity index (χ0v) is 17.4. The predicted molar refractivity (Wildman–Crippen MR) is 104 cm³/mol. The molecule has 0 saturated carbocycles. The van der Waals surface area contributed by atoms with Crippen molar-refractivity contribution in [2.24, 2.45) is 11.8 Å². The molecule has 170 valence electrons. The lowest BCUT2D eigenvalue weighted by Gasteiger charge is -2.32. The highest BCUT2D eigenvalue weighted by Crippen LogP contribution is 2.30. The molecule has 5 nitrogen and oxygen atoms in total. The van der Waals surface area contributed by atoms with E-state index in [-0.39, 0.29) is 18.0 Å². The van der Waals surface area contributed by atoms with Crippen LogP contribution >= 0.6 is 0 Å². The van der Waals surface area contributed by atoms with Crippen LogP contribution < -0.4 is 4.74 Å².